The predicted molar refractivity (Wildman–Crippen MR) is 142 cm³/mol. The number of hydrazone groups is 2. The molecule has 2 aromatic carbocycles. The number of benzene rings is 2. The standard InChI is InChI=1S/C12H16N2.C7H7Br.C5H10N2.2CH4/c1-10-8-11(2)14(13-10)9-12-6-4-3-5-7-12;8-6-7-4-2-1-3-5-7;1-4-3-5(2)7-6-4;;/h3-7,11H,8-9H2,1-2H3;1-5H,6H2;4,6H,3H2,1-2H3;2*1H4/i;;;2*1D. The van der Waals surface area contributed by atoms with E-state index >= 15 is 0 Å². The Morgan fingerprint density at radius 2 is 1.48 bits per heavy atom. The first-order valence-corrected chi connectivity index (χ1v) is 11.3. The molecule has 2 aromatic rings. The highest BCUT2D eigenvalue weighted by atomic mass is 79.9. The summed E-state index contributed by atoms with van der Waals surface area (Å²) in [5, 5.41) is 11.6. The van der Waals surface area contributed by atoms with Crippen LogP contribution in [-0.2, 0) is 11.9 Å². The van der Waals surface area contributed by atoms with Gasteiger partial charge in [-0.15, -0.1) is 0 Å². The van der Waals surface area contributed by atoms with Crippen molar-refractivity contribution < 1.29 is 2.74 Å². The van der Waals surface area contributed by atoms with Gasteiger partial charge in [0.2, 0.25) is 0 Å². The van der Waals surface area contributed by atoms with Crippen LogP contribution >= 0.6 is 15.9 Å². The summed E-state index contributed by atoms with van der Waals surface area (Å²) in [4.78, 5) is 0. The maximum atomic E-state index is 5.75. The SMILES string of the molecule is BrCc1ccccc1.CC1=NN(Cc2ccccc2)C(C)C1.CC1=NNC(C)C1.[2H]C.[2H]C. The van der Waals surface area contributed by atoms with Gasteiger partial charge in [0.05, 0.1) is 6.54 Å². The van der Waals surface area contributed by atoms with E-state index in [1.807, 2.05) is 31.2 Å². The number of hydrogen-bond acceptors (Lipinski definition) is 4. The van der Waals surface area contributed by atoms with Crippen molar-refractivity contribution in [3.05, 3.63) is 71.8 Å². The highest BCUT2D eigenvalue weighted by Gasteiger charge is 2.19. The molecule has 4 nitrogen and oxygen atoms in total. The van der Waals surface area contributed by atoms with Crippen LogP contribution < -0.4 is 5.43 Å². The third-order valence-corrected chi connectivity index (χ3v) is 5.31. The van der Waals surface area contributed by atoms with Crippen LogP contribution in [0.25, 0.3) is 0 Å². The zero-order valence-electron chi connectivity index (χ0n) is 22.0. The zero-order chi connectivity index (χ0) is 25.1. The van der Waals surface area contributed by atoms with E-state index in [1.54, 1.807) is 0 Å². The molecule has 0 bridgehead atoms. The third kappa shape index (κ3) is 11.2. The lowest BCUT2D eigenvalue weighted by Crippen LogP contribution is -2.22. The van der Waals surface area contributed by atoms with Crippen molar-refractivity contribution in [2.45, 2.75) is 79.3 Å². The monoisotopic (exact) mass is 490 g/mol. The molecule has 2 aliphatic heterocycles. The van der Waals surface area contributed by atoms with Crippen LogP contribution in [0.5, 0.6) is 0 Å². The average Bonchev–Trinajstić information content (AvgIpc) is 3.40. The Kier molecular flexibility index (Phi) is 12.7. The number of hydrogen-bond donors (Lipinski definition) is 1. The minimum absolute atomic E-state index is 0.551. The minimum atomic E-state index is 0.551. The molecule has 2 heterocycles. The van der Waals surface area contributed by atoms with E-state index < -0.39 is 0 Å². The molecule has 0 radical (unpaired) electrons. The van der Waals surface area contributed by atoms with Gasteiger partial charge in [0.15, 0.2) is 0 Å². The summed E-state index contributed by atoms with van der Waals surface area (Å²) >= 11 is 3.36. The van der Waals surface area contributed by atoms with Crippen LogP contribution in [0.1, 0.15) is 69.2 Å². The summed E-state index contributed by atoms with van der Waals surface area (Å²) in [7, 11) is 2.50. The van der Waals surface area contributed by atoms with E-state index in [9.17, 15) is 0 Å². The lowest BCUT2D eigenvalue weighted by molar-refractivity contribution is 0.236. The minimum Gasteiger partial charge on any atom is -0.307 e. The van der Waals surface area contributed by atoms with Gasteiger partial charge in [-0.05, 0) is 38.8 Å². The Hall–Kier alpha value is -2.14. The second-order valence-electron chi connectivity index (χ2n) is 7.67. The van der Waals surface area contributed by atoms with E-state index in [4.69, 9.17) is 2.74 Å². The van der Waals surface area contributed by atoms with Crippen LogP contribution in [-0.4, -0.2) is 28.5 Å². The molecule has 1 N–H and O–H groups in total. The number of halogens is 1. The maximum absolute atomic E-state index is 5.75. The second-order valence-corrected chi connectivity index (χ2v) is 8.23. The topological polar surface area (TPSA) is 40.0 Å². The largest absolute Gasteiger partial charge is 0.307 e. The zero-order valence-corrected chi connectivity index (χ0v) is 21.6. The number of nitrogens with zero attached hydrogens (tertiary/aromatic N) is 3. The summed E-state index contributed by atoms with van der Waals surface area (Å²) < 4.78 is 11.5. The summed E-state index contributed by atoms with van der Waals surface area (Å²) in [6.07, 6.45) is 2.22. The molecule has 0 saturated heterocycles. The molecule has 4 rings (SSSR count). The van der Waals surface area contributed by atoms with E-state index in [1.165, 1.54) is 37.4 Å². The Bertz CT molecular complexity index is 785. The molecule has 0 amide bonds. The summed E-state index contributed by atoms with van der Waals surface area (Å²) in [5.41, 5.74) is 8.07. The van der Waals surface area contributed by atoms with Crippen LogP contribution in [0, 0.1) is 0 Å². The molecule has 2 atom stereocenters. The number of nitrogens with one attached hydrogen (secondary N) is 1. The fourth-order valence-corrected chi connectivity index (χ4v) is 3.55. The van der Waals surface area contributed by atoms with Gasteiger partial charge in [-0.1, -0.05) is 91.4 Å². The smallest absolute Gasteiger partial charge is 0.0613 e. The first kappa shape index (κ1) is 25.1. The predicted octanol–water partition coefficient (Wildman–Crippen LogP) is 7.25. The molecule has 31 heavy (non-hydrogen) atoms. The van der Waals surface area contributed by atoms with Gasteiger partial charge in [-0.25, -0.2) is 0 Å². The van der Waals surface area contributed by atoms with Gasteiger partial charge < -0.3 is 5.43 Å². The van der Waals surface area contributed by atoms with Gasteiger partial charge in [0, 0.05) is 44.4 Å². The molecule has 0 aromatic heterocycles. The van der Waals surface area contributed by atoms with Crippen LogP contribution in [0.3, 0.4) is 0 Å². The molecule has 0 fully saturated rings. The molecule has 2 aliphatic rings. The fourth-order valence-electron chi connectivity index (χ4n) is 3.18. The molecular weight excluding hydrogens is 448 g/mol. The van der Waals surface area contributed by atoms with Crippen LogP contribution in [0.15, 0.2) is 70.9 Å². The van der Waals surface area contributed by atoms with Crippen molar-refractivity contribution in [3.8, 4) is 0 Å². The van der Waals surface area contributed by atoms with Gasteiger partial charge in [-0.3, -0.25) is 5.01 Å². The highest BCUT2D eigenvalue weighted by Crippen LogP contribution is 2.17. The first-order valence-electron chi connectivity index (χ1n) is 12.2. The molecule has 0 aliphatic carbocycles. The van der Waals surface area contributed by atoms with Crippen LogP contribution in [0.2, 0.25) is 0 Å². The Morgan fingerprint density at radius 1 is 0.935 bits per heavy atom. The van der Waals surface area contributed by atoms with E-state index in [-0.39, 0.29) is 0 Å². The van der Waals surface area contributed by atoms with Crippen molar-refractivity contribution in [1.29, 1.82) is 0 Å². The lowest BCUT2D eigenvalue weighted by atomic mass is 10.1. The number of alkyl halides is 1. The van der Waals surface area contributed by atoms with E-state index in [0.717, 1.165) is 24.7 Å². The van der Waals surface area contributed by atoms with Gasteiger partial charge in [0.25, 0.3) is 0 Å². The normalized spacial score (nSPS) is 19.0. The molecule has 5 heteroatoms. The summed E-state index contributed by atoms with van der Waals surface area (Å²) in [5.74, 6) is 0. The summed E-state index contributed by atoms with van der Waals surface area (Å²) in [6, 6.07) is 21.9. The summed E-state index contributed by atoms with van der Waals surface area (Å²) in [6.45, 7) is 9.42. The number of rotatable bonds is 3. The molecule has 0 saturated carbocycles. The Balaban J connectivity index is 0.000000462. The fraction of sp³-hybridized carbons (Fsp3) is 0.462. The quantitative estimate of drug-likeness (QED) is 0.459. The molecular formula is C26H41BrN4. The molecule has 0 spiro atoms. The van der Waals surface area contributed by atoms with Gasteiger partial charge >= 0.3 is 0 Å². The first-order chi connectivity index (χ1) is 16.0. The Labute approximate surface area is 201 Å². The Morgan fingerprint density at radius 3 is 1.81 bits per heavy atom. The molecule has 172 valence electrons. The van der Waals surface area contributed by atoms with Crippen molar-refractivity contribution >= 4 is 27.4 Å². The lowest BCUT2D eigenvalue weighted by Gasteiger charge is -2.19. The second kappa shape index (κ2) is 15.6. The van der Waals surface area contributed by atoms with Gasteiger partial charge in [-0.2, -0.15) is 10.2 Å². The van der Waals surface area contributed by atoms with Crippen molar-refractivity contribution in [1.82, 2.24) is 10.4 Å². The average molecular weight is 492 g/mol. The maximum Gasteiger partial charge on any atom is 0.0613 e. The van der Waals surface area contributed by atoms with Crippen molar-refractivity contribution in [3.63, 3.8) is 0 Å². The highest BCUT2D eigenvalue weighted by molar-refractivity contribution is 9.08. The molecule has 2 unspecified atom stereocenters. The van der Waals surface area contributed by atoms with Crippen LogP contribution in [0.4, 0.5) is 0 Å². The van der Waals surface area contributed by atoms with Crippen molar-refractivity contribution in [2.24, 2.45) is 10.2 Å². The third-order valence-electron chi connectivity index (χ3n) is 4.66. The van der Waals surface area contributed by atoms with Gasteiger partial charge in [0.1, 0.15) is 0 Å². The van der Waals surface area contributed by atoms with Crippen molar-refractivity contribution in [2.75, 3.05) is 0 Å². The van der Waals surface area contributed by atoms with E-state index in [0.29, 0.717) is 12.1 Å². The van der Waals surface area contributed by atoms with E-state index in [2.05, 4.69) is 93.7 Å².